The van der Waals surface area contributed by atoms with Gasteiger partial charge in [0.05, 0.1) is 18.1 Å². The molecule has 0 heterocycles. The van der Waals surface area contributed by atoms with Crippen molar-refractivity contribution in [3.8, 4) is 11.5 Å². The zero-order chi connectivity index (χ0) is 22.7. The number of aliphatic hydroxyl groups excluding tert-OH is 2. The molecule has 0 aliphatic heterocycles. The van der Waals surface area contributed by atoms with E-state index < -0.39 is 19.6 Å². The molecule has 0 rings (SSSR count). The zero-order valence-electron chi connectivity index (χ0n) is 15.3. The normalized spacial score (nSPS) is 9.30. The fourth-order valence-electron chi connectivity index (χ4n) is 0.606. The minimum atomic E-state index is -1.41. The Bertz CT molecular complexity index is 404. The van der Waals surface area contributed by atoms with Crippen molar-refractivity contribution in [3.63, 3.8) is 0 Å². The van der Waals surface area contributed by atoms with E-state index in [0.29, 0.717) is 0 Å². The van der Waals surface area contributed by atoms with Crippen LogP contribution in [0, 0.1) is 56.8 Å². The molecule has 2 radical (unpaired) electrons. The van der Waals surface area contributed by atoms with Crippen molar-refractivity contribution in [3.05, 3.63) is 39.9 Å². The van der Waals surface area contributed by atoms with Gasteiger partial charge in [-0.1, -0.05) is 25.6 Å². The smallest absolute Gasteiger partial charge is 0 e. The fourth-order valence-corrected chi connectivity index (χ4v) is 1.27. The summed E-state index contributed by atoms with van der Waals surface area (Å²) in [4.78, 5) is 0. The van der Waals surface area contributed by atoms with Crippen molar-refractivity contribution in [2.75, 3.05) is 6.61 Å². The second-order valence-electron chi connectivity index (χ2n) is 4.75. The molecule has 0 unspecified atom stereocenters. The predicted octanol–water partition coefficient (Wildman–Crippen LogP) is 1.02. The summed E-state index contributed by atoms with van der Waals surface area (Å²) in [6.07, 6.45) is -0.596. The van der Waals surface area contributed by atoms with E-state index in [0.717, 1.165) is 0 Å². The molecular weight excluding hydrogens is 466 g/mol. The van der Waals surface area contributed by atoms with E-state index in [1.807, 2.05) is 0 Å². The summed E-state index contributed by atoms with van der Waals surface area (Å²) in [6, 6.07) is 0. The van der Waals surface area contributed by atoms with Gasteiger partial charge in [-0.15, -0.1) is 5.54 Å². The predicted molar refractivity (Wildman–Crippen MR) is 81.6 cm³/mol. The van der Waals surface area contributed by atoms with Gasteiger partial charge >= 0.3 is 67.8 Å². The fraction of sp³-hybridized carbons (Fsp3) is 0.500. The van der Waals surface area contributed by atoms with E-state index >= 15 is 0 Å². The molecule has 0 aliphatic rings. The van der Waals surface area contributed by atoms with Crippen molar-refractivity contribution in [1.29, 1.82) is 0 Å². The van der Waals surface area contributed by atoms with Crippen molar-refractivity contribution < 1.29 is 71.7 Å². The number of hydrogen-bond donors (Lipinski definition) is 2. The van der Waals surface area contributed by atoms with E-state index in [1.54, 1.807) is 13.8 Å². The largest absolute Gasteiger partial charge is 0 e. The van der Waals surface area contributed by atoms with Crippen molar-refractivity contribution in [2.24, 2.45) is 5.41 Å². The molecule has 27 heavy (non-hydrogen) atoms. The van der Waals surface area contributed by atoms with Gasteiger partial charge in [0.25, 0.3) is 0 Å². The SMILES string of the molecule is C[C@@H](O)[C@@](C)(C#C[Si](C)(C)C)CO.[C-]#[O+].[C-]#[O+].[C-]#[O+].[C-]#[O+].[C-]#[O+].[C-]#[O+].[Co].[Co]. The number of aliphatic hydroxyl groups is 2. The summed E-state index contributed by atoms with van der Waals surface area (Å²) in [5.41, 5.74) is 2.50. The van der Waals surface area contributed by atoms with Gasteiger partial charge in [-0.05, 0) is 13.8 Å². The van der Waals surface area contributed by atoms with Crippen LogP contribution >= 0.6 is 0 Å². The Kier molecular flexibility index (Phi) is 104. The summed E-state index contributed by atoms with van der Waals surface area (Å²) in [5, 5.41) is 18.5. The first-order valence-electron chi connectivity index (χ1n) is 5.77. The Hall–Kier alpha value is -0.850. The van der Waals surface area contributed by atoms with Crippen LogP contribution in [0.15, 0.2) is 0 Å². The second-order valence-corrected chi connectivity index (χ2v) is 9.50. The molecule has 0 aliphatic carbocycles. The molecule has 8 nitrogen and oxygen atoms in total. The number of rotatable bonds is 2. The van der Waals surface area contributed by atoms with Gasteiger partial charge in [0, 0.05) is 33.6 Å². The van der Waals surface area contributed by atoms with E-state index in [1.165, 1.54) is 0 Å². The molecule has 0 fully saturated rings. The molecule has 0 amide bonds. The van der Waals surface area contributed by atoms with Crippen LogP contribution in [0.2, 0.25) is 19.6 Å². The van der Waals surface area contributed by atoms with Crippen LogP contribution in [0.5, 0.6) is 0 Å². The molecule has 154 valence electrons. The molecule has 11 heteroatoms. The molecular formula is C16H20Co2O8Si. The first-order chi connectivity index (χ1) is 11.7. The Labute approximate surface area is 182 Å². The van der Waals surface area contributed by atoms with Crippen LogP contribution in [0.25, 0.3) is 0 Å². The molecule has 0 aromatic heterocycles. The average molecular weight is 486 g/mol. The molecule has 0 aromatic carbocycles. The van der Waals surface area contributed by atoms with Gasteiger partial charge in [0.15, 0.2) is 0 Å². The standard InChI is InChI=1S/C10H20O2Si.6CO.2Co/c1-9(12)10(2,8-11)6-7-13(3,4)5;6*1-2;;/h9,11-12H,8H2,1-5H3;;;;;;;;/t9-,10+;;;;;;;;/m1......../s1. The molecule has 0 bridgehead atoms. The Morgan fingerprint density at radius 2 is 1.04 bits per heavy atom. The zero-order valence-corrected chi connectivity index (χ0v) is 18.4. The van der Waals surface area contributed by atoms with Gasteiger partial charge in [0.1, 0.15) is 8.07 Å². The first-order valence-corrected chi connectivity index (χ1v) is 9.27. The minimum absolute atomic E-state index is 0. The van der Waals surface area contributed by atoms with E-state index in [-0.39, 0.29) is 40.2 Å². The molecule has 2 N–H and O–H groups in total. The summed E-state index contributed by atoms with van der Waals surface area (Å²) in [5.74, 6) is 3.00. The quantitative estimate of drug-likeness (QED) is 0.258. The van der Waals surface area contributed by atoms with Gasteiger partial charge < -0.3 is 10.2 Å². The van der Waals surface area contributed by atoms with Gasteiger partial charge in [-0.2, -0.15) is 0 Å². The summed E-state index contributed by atoms with van der Waals surface area (Å²) in [6.45, 7) is 36.8. The maximum atomic E-state index is 9.42. The van der Waals surface area contributed by atoms with Gasteiger partial charge in [-0.25, -0.2) is 0 Å². The Morgan fingerprint density at radius 3 is 1.15 bits per heavy atom. The third-order valence-corrected chi connectivity index (χ3v) is 2.85. The minimum Gasteiger partial charge on any atom is 0 e. The first kappa shape index (κ1) is 56.2. The Morgan fingerprint density at radius 1 is 0.815 bits per heavy atom. The van der Waals surface area contributed by atoms with Crippen LogP contribution < -0.4 is 0 Å². The third-order valence-electron chi connectivity index (χ3n) is 1.97. The Balaban J connectivity index is -0.0000000282. The summed E-state index contributed by atoms with van der Waals surface area (Å²) < 4.78 is 45.0. The van der Waals surface area contributed by atoms with Crippen LogP contribution in [-0.4, -0.2) is 31.0 Å². The van der Waals surface area contributed by atoms with Crippen LogP contribution in [0.1, 0.15) is 13.8 Å². The van der Waals surface area contributed by atoms with Crippen LogP contribution in [-0.2, 0) is 61.5 Å². The monoisotopic (exact) mass is 486 g/mol. The number of hydrogen-bond acceptors (Lipinski definition) is 2. The topological polar surface area (TPSA) is 160 Å². The third kappa shape index (κ3) is 58.7. The van der Waals surface area contributed by atoms with Crippen molar-refractivity contribution in [1.82, 2.24) is 0 Å². The van der Waals surface area contributed by atoms with E-state index in [9.17, 15) is 5.11 Å². The molecule has 0 saturated carbocycles. The van der Waals surface area contributed by atoms with Gasteiger partial charge in [-0.3, -0.25) is 0 Å². The van der Waals surface area contributed by atoms with E-state index in [2.05, 4.69) is 71.0 Å². The van der Waals surface area contributed by atoms with Crippen molar-refractivity contribution in [2.45, 2.75) is 39.6 Å². The molecule has 2 atom stereocenters. The van der Waals surface area contributed by atoms with Crippen molar-refractivity contribution >= 4 is 8.07 Å². The summed E-state index contributed by atoms with van der Waals surface area (Å²) >= 11 is 0. The van der Waals surface area contributed by atoms with Gasteiger partial charge in [0.2, 0.25) is 0 Å². The molecule has 0 saturated heterocycles. The maximum Gasteiger partial charge on any atom is 0 e. The van der Waals surface area contributed by atoms with E-state index in [4.69, 9.17) is 33.0 Å². The average Bonchev–Trinajstić information content (AvgIpc) is 2.68. The molecule has 0 spiro atoms. The van der Waals surface area contributed by atoms with Crippen LogP contribution in [0.4, 0.5) is 0 Å². The summed E-state index contributed by atoms with van der Waals surface area (Å²) in [7, 11) is -1.41. The maximum absolute atomic E-state index is 9.42. The van der Waals surface area contributed by atoms with Crippen LogP contribution in [0.3, 0.4) is 0 Å². The molecule has 0 aromatic rings. The second kappa shape index (κ2) is 49.9.